The Labute approximate surface area is 303 Å². The van der Waals surface area contributed by atoms with Gasteiger partial charge in [-0.15, -0.1) is 0 Å². The van der Waals surface area contributed by atoms with E-state index in [1.807, 2.05) is 6.07 Å². The molecular weight excluding hydrogens is 631 g/mol. The number of hydrogen-bond acceptors (Lipinski definition) is 2. The maximum absolute atomic E-state index is 6.31. The van der Waals surface area contributed by atoms with Crippen molar-refractivity contribution in [1.82, 2.24) is 0 Å². The summed E-state index contributed by atoms with van der Waals surface area (Å²) in [6, 6.07) is 61.4. The highest BCUT2D eigenvalue weighted by molar-refractivity contribution is 6.14. The molecule has 0 unspecified atom stereocenters. The Morgan fingerprint density at radius 1 is 0.442 bits per heavy atom. The Hall–Kier alpha value is -6.64. The zero-order valence-electron chi connectivity index (χ0n) is 28.7. The lowest BCUT2D eigenvalue weighted by molar-refractivity contribution is 0.669. The molecule has 0 aliphatic heterocycles. The van der Waals surface area contributed by atoms with Crippen molar-refractivity contribution >= 4 is 54.9 Å². The van der Waals surface area contributed by atoms with Gasteiger partial charge in [-0.3, -0.25) is 0 Å². The van der Waals surface area contributed by atoms with Crippen LogP contribution >= 0.6 is 0 Å². The molecule has 1 aliphatic rings. The summed E-state index contributed by atoms with van der Waals surface area (Å²) in [7, 11) is 0. The fourth-order valence-electron chi connectivity index (χ4n) is 8.06. The molecule has 246 valence electrons. The third-order valence-electron chi connectivity index (χ3n) is 10.5. The molecule has 10 rings (SSSR count). The third kappa shape index (κ3) is 5.11. The molecule has 0 amide bonds. The highest BCUT2D eigenvalue weighted by atomic mass is 16.3. The second-order valence-electron chi connectivity index (χ2n) is 13.6. The fraction of sp³-hybridized carbons (Fsp3) is 0.0400. The molecule has 2 nitrogen and oxygen atoms in total. The first-order chi connectivity index (χ1) is 25.8. The van der Waals surface area contributed by atoms with Gasteiger partial charge in [-0.2, -0.15) is 0 Å². The molecule has 1 aromatic heterocycles. The Kier molecular flexibility index (Phi) is 7.32. The van der Waals surface area contributed by atoms with Gasteiger partial charge in [0.1, 0.15) is 11.2 Å². The number of benzene rings is 8. The number of fused-ring (bicyclic) bond motifs is 6. The molecule has 1 aliphatic carbocycles. The highest BCUT2D eigenvalue weighted by Gasteiger charge is 2.22. The van der Waals surface area contributed by atoms with Crippen LogP contribution in [0.5, 0.6) is 0 Å². The largest absolute Gasteiger partial charge is 0.456 e. The monoisotopic (exact) mass is 665 g/mol. The number of allylic oxidation sites excluding steroid dienone is 3. The Balaban J connectivity index is 1.22. The fourth-order valence-corrected chi connectivity index (χ4v) is 8.06. The second-order valence-corrected chi connectivity index (χ2v) is 13.6. The van der Waals surface area contributed by atoms with Crippen molar-refractivity contribution < 1.29 is 4.42 Å². The standard InChI is InChI=1S/C50H35NO/c1-3-15-34(16-4-1)41-30-29-37(46-32-36-17-7-8-22-40(36)43-23-9-10-24-44(43)46)33-47(41)51(38-19-5-2-6-20-38)39-21-13-18-35(31-39)42-26-14-28-49-50(42)45-25-11-12-27-48(45)52-49/h1,3-5,7-33H,2,6H2. The van der Waals surface area contributed by atoms with Crippen LogP contribution in [0.1, 0.15) is 12.8 Å². The first-order valence-electron chi connectivity index (χ1n) is 18.1. The van der Waals surface area contributed by atoms with Crippen molar-refractivity contribution in [3.63, 3.8) is 0 Å². The minimum absolute atomic E-state index is 0.903. The van der Waals surface area contributed by atoms with E-state index in [-0.39, 0.29) is 0 Å². The van der Waals surface area contributed by atoms with Gasteiger partial charge >= 0.3 is 0 Å². The average Bonchev–Trinajstić information content (AvgIpc) is 3.61. The van der Waals surface area contributed by atoms with Crippen LogP contribution < -0.4 is 4.90 Å². The molecule has 0 bridgehead atoms. The lowest BCUT2D eigenvalue weighted by Gasteiger charge is -2.31. The van der Waals surface area contributed by atoms with Crippen LogP contribution in [0.15, 0.2) is 198 Å². The van der Waals surface area contributed by atoms with Gasteiger partial charge in [0.25, 0.3) is 0 Å². The number of rotatable bonds is 6. The van der Waals surface area contributed by atoms with E-state index >= 15 is 0 Å². The average molecular weight is 666 g/mol. The summed E-state index contributed by atoms with van der Waals surface area (Å²) in [4.78, 5) is 2.46. The predicted molar refractivity (Wildman–Crippen MR) is 220 cm³/mol. The highest BCUT2D eigenvalue weighted by Crippen LogP contribution is 2.45. The molecule has 0 radical (unpaired) electrons. The summed E-state index contributed by atoms with van der Waals surface area (Å²) in [6.45, 7) is 0. The van der Waals surface area contributed by atoms with Crippen molar-refractivity contribution in [2.75, 3.05) is 4.90 Å². The molecule has 0 fully saturated rings. The van der Waals surface area contributed by atoms with Gasteiger partial charge in [0.05, 0.1) is 5.69 Å². The Bertz CT molecular complexity index is 2860. The molecule has 0 spiro atoms. The van der Waals surface area contributed by atoms with Crippen LogP contribution in [0.25, 0.3) is 76.9 Å². The maximum atomic E-state index is 6.31. The van der Waals surface area contributed by atoms with Gasteiger partial charge in [-0.1, -0.05) is 146 Å². The van der Waals surface area contributed by atoms with Crippen LogP contribution in [0, 0.1) is 0 Å². The molecule has 2 heteroatoms. The minimum Gasteiger partial charge on any atom is -0.456 e. The van der Waals surface area contributed by atoms with Gasteiger partial charge < -0.3 is 9.32 Å². The SMILES string of the molecule is C1=CC(N(c2cccc(-c3cccc4oc5ccccc5c34)c2)c2cc(-c3cc4ccccc4c4ccccc34)ccc2-c2ccccc2)=CCC1. The van der Waals surface area contributed by atoms with E-state index in [2.05, 4.69) is 187 Å². The van der Waals surface area contributed by atoms with Crippen molar-refractivity contribution in [3.8, 4) is 33.4 Å². The van der Waals surface area contributed by atoms with Crippen molar-refractivity contribution in [1.29, 1.82) is 0 Å². The maximum Gasteiger partial charge on any atom is 0.136 e. The first kappa shape index (κ1) is 30.2. The first-order valence-corrected chi connectivity index (χ1v) is 18.1. The lowest BCUT2D eigenvalue weighted by atomic mass is 9.91. The van der Waals surface area contributed by atoms with Crippen LogP contribution in [0.4, 0.5) is 11.4 Å². The summed E-state index contributed by atoms with van der Waals surface area (Å²) < 4.78 is 6.31. The smallest absolute Gasteiger partial charge is 0.136 e. The summed E-state index contributed by atoms with van der Waals surface area (Å²) in [5.41, 5.74) is 12.3. The molecule has 0 saturated heterocycles. The Morgan fingerprint density at radius 2 is 1.15 bits per heavy atom. The molecule has 52 heavy (non-hydrogen) atoms. The Morgan fingerprint density at radius 3 is 2.02 bits per heavy atom. The lowest BCUT2D eigenvalue weighted by Crippen LogP contribution is -2.17. The molecule has 0 saturated carbocycles. The summed E-state index contributed by atoms with van der Waals surface area (Å²) in [5.74, 6) is 0. The van der Waals surface area contributed by atoms with E-state index in [1.54, 1.807) is 0 Å². The quantitative estimate of drug-likeness (QED) is 0.164. The number of para-hydroxylation sites is 1. The molecule has 0 atom stereocenters. The van der Waals surface area contributed by atoms with Crippen molar-refractivity contribution in [2.45, 2.75) is 12.8 Å². The molecule has 9 aromatic rings. The van der Waals surface area contributed by atoms with E-state index < -0.39 is 0 Å². The van der Waals surface area contributed by atoms with E-state index in [0.717, 1.165) is 57.3 Å². The number of furan rings is 1. The van der Waals surface area contributed by atoms with Crippen LogP contribution in [-0.4, -0.2) is 0 Å². The van der Waals surface area contributed by atoms with Crippen LogP contribution in [-0.2, 0) is 0 Å². The molecule has 0 N–H and O–H groups in total. The number of hydrogen-bond donors (Lipinski definition) is 0. The predicted octanol–water partition coefficient (Wildman–Crippen LogP) is 14.3. The number of anilines is 2. The van der Waals surface area contributed by atoms with Crippen molar-refractivity contribution in [3.05, 3.63) is 194 Å². The topological polar surface area (TPSA) is 16.4 Å². The zero-order chi connectivity index (χ0) is 34.4. The van der Waals surface area contributed by atoms with Gasteiger partial charge in [0.2, 0.25) is 0 Å². The van der Waals surface area contributed by atoms with E-state index in [9.17, 15) is 0 Å². The summed E-state index contributed by atoms with van der Waals surface area (Å²) in [6.07, 6.45) is 9.00. The van der Waals surface area contributed by atoms with E-state index in [4.69, 9.17) is 4.42 Å². The summed E-state index contributed by atoms with van der Waals surface area (Å²) in [5, 5.41) is 7.33. The van der Waals surface area contributed by atoms with Crippen LogP contribution in [0.3, 0.4) is 0 Å². The molecule has 1 heterocycles. The molecular formula is C50H35NO. The van der Waals surface area contributed by atoms with Crippen LogP contribution in [0.2, 0.25) is 0 Å². The third-order valence-corrected chi connectivity index (χ3v) is 10.5. The second kappa shape index (κ2) is 12.6. The minimum atomic E-state index is 0.903. The van der Waals surface area contributed by atoms with Gasteiger partial charge in [0.15, 0.2) is 0 Å². The van der Waals surface area contributed by atoms with Crippen molar-refractivity contribution in [2.24, 2.45) is 0 Å². The molecule has 8 aromatic carbocycles. The van der Waals surface area contributed by atoms with E-state index in [0.29, 0.717) is 0 Å². The zero-order valence-corrected chi connectivity index (χ0v) is 28.7. The van der Waals surface area contributed by atoms with E-state index in [1.165, 1.54) is 49.5 Å². The van der Waals surface area contributed by atoms with Gasteiger partial charge in [-0.25, -0.2) is 0 Å². The normalized spacial score (nSPS) is 12.9. The van der Waals surface area contributed by atoms with Gasteiger partial charge in [0, 0.05) is 27.7 Å². The number of nitrogens with zero attached hydrogens (tertiary/aromatic N) is 1. The van der Waals surface area contributed by atoms with Gasteiger partial charge in [-0.05, 0) is 105 Å². The summed E-state index contributed by atoms with van der Waals surface area (Å²) >= 11 is 0.